The van der Waals surface area contributed by atoms with Gasteiger partial charge in [-0.05, 0) is 33.5 Å². The Kier molecular flexibility index (Phi) is 2.66. The standard InChI is InChI=1S/C14H10N2O4/c17-13-7-3-1-5-9(15-19)11(7)14(18)12-8(13)4-2-6-10(12)16-20/h1-6,15,17-19H/p-2. The normalized spacial score (nSPS) is 10.8. The van der Waals surface area contributed by atoms with Crippen molar-refractivity contribution in [2.75, 3.05) is 5.48 Å². The largest absolute Gasteiger partial charge is 0.872 e. The number of rotatable bonds is 2. The lowest BCUT2D eigenvalue weighted by Gasteiger charge is -2.24. The van der Waals surface area contributed by atoms with Crippen molar-refractivity contribution in [2.24, 2.45) is 5.18 Å². The minimum Gasteiger partial charge on any atom is -0.872 e. The summed E-state index contributed by atoms with van der Waals surface area (Å²) < 4.78 is 0. The van der Waals surface area contributed by atoms with E-state index in [1.807, 2.05) is 5.48 Å². The van der Waals surface area contributed by atoms with Gasteiger partial charge in [-0.25, -0.2) is 0 Å². The van der Waals surface area contributed by atoms with Crippen molar-refractivity contribution in [3.05, 3.63) is 41.3 Å². The molecule has 0 aliphatic rings. The maximum absolute atomic E-state index is 12.5. The molecule has 3 aromatic carbocycles. The molecule has 0 radical (unpaired) electrons. The molecule has 20 heavy (non-hydrogen) atoms. The van der Waals surface area contributed by atoms with Crippen LogP contribution in [0.5, 0.6) is 11.5 Å². The van der Waals surface area contributed by atoms with Crippen molar-refractivity contribution >= 4 is 32.9 Å². The summed E-state index contributed by atoms with van der Waals surface area (Å²) in [6.07, 6.45) is 0. The van der Waals surface area contributed by atoms with Gasteiger partial charge in [0.15, 0.2) is 0 Å². The van der Waals surface area contributed by atoms with Crippen molar-refractivity contribution in [2.45, 2.75) is 0 Å². The maximum atomic E-state index is 12.5. The molecule has 0 heterocycles. The Morgan fingerprint density at radius 3 is 2.25 bits per heavy atom. The molecule has 0 unspecified atom stereocenters. The van der Waals surface area contributed by atoms with Gasteiger partial charge in [-0.2, -0.15) is 0 Å². The van der Waals surface area contributed by atoms with Gasteiger partial charge in [0.1, 0.15) is 5.69 Å². The molecule has 0 bridgehead atoms. The van der Waals surface area contributed by atoms with Gasteiger partial charge in [0, 0.05) is 5.39 Å². The van der Waals surface area contributed by atoms with Crippen LogP contribution in [0, 0.1) is 4.91 Å². The molecule has 0 saturated carbocycles. The summed E-state index contributed by atoms with van der Waals surface area (Å²) in [5.74, 6) is -0.890. The molecule has 0 aliphatic heterocycles. The second-order valence-electron chi connectivity index (χ2n) is 4.29. The van der Waals surface area contributed by atoms with Crippen molar-refractivity contribution in [1.29, 1.82) is 0 Å². The molecule has 100 valence electrons. The van der Waals surface area contributed by atoms with E-state index in [9.17, 15) is 15.1 Å². The van der Waals surface area contributed by atoms with E-state index in [4.69, 9.17) is 5.21 Å². The first-order valence-electron chi connectivity index (χ1n) is 5.78. The smallest absolute Gasteiger partial charge is 0.115 e. The molecule has 0 aromatic heterocycles. The summed E-state index contributed by atoms with van der Waals surface area (Å²) in [6.45, 7) is 0. The number of hydrogen-bond acceptors (Lipinski definition) is 6. The highest BCUT2D eigenvalue weighted by atomic mass is 16.5. The molecular weight excluding hydrogens is 260 g/mol. The topological polar surface area (TPSA) is 108 Å². The van der Waals surface area contributed by atoms with Crippen LogP contribution >= 0.6 is 0 Å². The van der Waals surface area contributed by atoms with Crippen molar-refractivity contribution in [1.82, 2.24) is 0 Å². The molecule has 2 N–H and O–H groups in total. The summed E-state index contributed by atoms with van der Waals surface area (Å²) in [4.78, 5) is 10.8. The van der Waals surface area contributed by atoms with E-state index in [0.29, 0.717) is 0 Å². The van der Waals surface area contributed by atoms with Gasteiger partial charge in [-0.3, -0.25) is 10.7 Å². The third kappa shape index (κ3) is 1.49. The van der Waals surface area contributed by atoms with Gasteiger partial charge in [0.05, 0.1) is 5.69 Å². The number of fused-ring (bicyclic) bond motifs is 2. The Morgan fingerprint density at radius 1 is 0.950 bits per heavy atom. The number of nitrogens with one attached hydrogen (secondary N) is 1. The molecule has 3 rings (SSSR count). The van der Waals surface area contributed by atoms with Crippen LogP contribution in [0.4, 0.5) is 11.4 Å². The monoisotopic (exact) mass is 268 g/mol. The van der Waals surface area contributed by atoms with Gasteiger partial charge < -0.3 is 10.2 Å². The molecular formula is C14H8N2O4-2. The zero-order valence-electron chi connectivity index (χ0n) is 10.1. The Hall–Kier alpha value is -2.86. The lowest BCUT2D eigenvalue weighted by Crippen LogP contribution is -2.01. The van der Waals surface area contributed by atoms with Crippen molar-refractivity contribution in [3.8, 4) is 11.5 Å². The van der Waals surface area contributed by atoms with Crippen LogP contribution in [-0.4, -0.2) is 5.21 Å². The minimum atomic E-state index is -0.512. The summed E-state index contributed by atoms with van der Waals surface area (Å²) in [7, 11) is 0. The van der Waals surface area contributed by atoms with E-state index in [2.05, 4.69) is 5.18 Å². The number of benzene rings is 3. The summed E-state index contributed by atoms with van der Waals surface area (Å²) in [6, 6.07) is 8.87. The molecule has 0 atom stereocenters. The molecule has 0 saturated heterocycles. The first kappa shape index (κ1) is 12.2. The fourth-order valence-electron chi connectivity index (χ4n) is 2.39. The van der Waals surface area contributed by atoms with E-state index in [1.54, 1.807) is 6.07 Å². The summed E-state index contributed by atoms with van der Waals surface area (Å²) >= 11 is 0. The lowest BCUT2D eigenvalue weighted by atomic mass is 9.98. The van der Waals surface area contributed by atoms with Gasteiger partial charge in [-0.15, -0.1) is 4.91 Å². The fourth-order valence-corrected chi connectivity index (χ4v) is 2.39. The summed E-state index contributed by atoms with van der Waals surface area (Å²) in [5, 5.41) is 37.1. The average molecular weight is 268 g/mol. The van der Waals surface area contributed by atoms with Crippen LogP contribution in [0.15, 0.2) is 41.6 Å². The fraction of sp³-hybridized carbons (Fsp3) is 0. The van der Waals surface area contributed by atoms with E-state index in [1.165, 1.54) is 30.3 Å². The molecule has 0 spiro atoms. The first-order valence-corrected chi connectivity index (χ1v) is 5.78. The number of anilines is 1. The molecule has 0 aliphatic carbocycles. The van der Waals surface area contributed by atoms with E-state index in [0.717, 1.165) is 0 Å². The SMILES string of the molecule is O=Nc1cccc2c([O-])c3cccc(NO)c3c([O-])c12. The minimum absolute atomic E-state index is 0.0253. The Bertz CT molecular complexity index is 846. The third-order valence-corrected chi connectivity index (χ3v) is 3.27. The Balaban J connectivity index is 2.66. The van der Waals surface area contributed by atoms with E-state index in [-0.39, 0.29) is 38.7 Å². The van der Waals surface area contributed by atoms with Crippen LogP contribution in [0.2, 0.25) is 0 Å². The molecule has 6 heteroatoms. The lowest BCUT2D eigenvalue weighted by molar-refractivity contribution is -0.267. The van der Waals surface area contributed by atoms with Crippen LogP contribution in [0.25, 0.3) is 21.5 Å². The zero-order chi connectivity index (χ0) is 14.3. The maximum Gasteiger partial charge on any atom is 0.115 e. The zero-order valence-corrected chi connectivity index (χ0v) is 10.1. The second-order valence-corrected chi connectivity index (χ2v) is 4.29. The highest BCUT2D eigenvalue weighted by Crippen LogP contribution is 2.45. The quantitative estimate of drug-likeness (QED) is 0.421. The Morgan fingerprint density at radius 2 is 1.60 bits per heavy atom. The second kappa shape index (κ2) is 4.36. The van der Waals surface area contributed by atoms with Crippen LogP contribution < -0.4 is 15.7 Å². The predicted molar refractivity (Wildman–Crippen MR) is 71.2 cm³/mol. The van der Waals surface area contributed by atoms with Gasteiger partial charge in [-0.1, -0.05) is 35.8 Å². The molecule has 6 nitrogen and oxygen atoms in total. The molecule has 0 fully saturated rings. The number of nitroso groups, excluding NO2 is 1. The highest BCUT2D eigenvalue weighted by molar-refractivity contribution is 6.16. The van der Waals surface area contributed by atoms with Crippen molar-refractivity contribution in [3.63, 3.8) is 0 Å². The summed E-state index contributed by atoms with van der Waals surface area (Å²) in [5.41, 5.74) is 1.93. The average Bonchev–Trinajstić information content (AvgIpc) is 2.50. The van der Waals surface area contributed by atoms with Gasteiger partial charge in [0.25, 0.3) is 0 Å². The van der Waals surface area contributed by atoms with E-state index >= 15 is 0 Å². The first-order chi connectivity index (χ1) is 9.69. The van der Waals surface area contributed by atoms with Crippen LogP contribution in [0.1, 0.15) is 0 Å². The van der Waals surface area contributed by atoms with Gasteiger partial charge >= 0.3 is 0 Å². The van der Waals surface area contributed by atoms with Crippen LogP contribution in [-0.2, 0) is 0 Å². The van der Waals surface area contributed by atoms with Gasteiger partial charge in [0.2, 0.25) is 0 Å². The predicted octanol–water partition coefficient (Wildman–Crippen LogP) is 2.34. The highest BCUT2D eigenvalue weighted by Gasteiger charge is 2.10. The molecule has 0 amide bonds. The third-order valence-electron chi connectivity index (χ3n) is 3.27. The molecule has 3 aromatic rings. The Labute approximate surface area is 112 Å². The number of hydrogen-bond donors (Lipinski definition) is 2. The van der Waals surface area contributed by atoms with E-state index < -0.39 is 5.75 Å². The van der Waals surface area contributed by atoms with Crippen LogP contribution in [0.3, 0.4) is 0 Å². The van der Waals surface area contributed by atoms with Crippen molar-refractivity contribution < 1.29 is 15.4 Å². The number of nitrogens with zero attached hydrogens (tertiary/aromatic N) is 1.